The molecule has 1 nitrogen and oxygen atoms in total. The first kappa shape index (κ1) is 9.90. The molecule has 0 aliphatic heterocycles. The molecule has 0 aliphatic rings. The standard InChI is InChI=1S/C11H13FO/c1-7(2)11(13)9-5-4-6-10(12)8(9)3/h4-7H,1-3H3. The maximum Gasteiger partial charge on any atom is 0.165 e. The molecule has 1 aromatic rings. The number of hydrogen-bond acceptors (Lipinski definition) is 1. The molecule has 1 rings (SSSR count). The van der Waals surface area contributed by atoms with E-state index in [4.69, 9.17) is 0 Å². The highest BCUT2D eigenvalue weighted by molar-refractivity contribution is 5.98. The van der Waals surface area contributed by atoms with Crippen molar-refractivity contribution >= 4 is 5.78 Å². The molecule has 0 unspecified atom stereocenters. The number of rotatable bonds is 2. The van der Waals surface area contributed by atoms with Crippen LogP contribution in [0.5, 0.6) is 0 Å². The molecule has 0 heterocycles. The van der Waals surface area contributed by atoms with E-state index in [2.05, 4.69) is 0 Å². The van der Waals surface area contributed by atoms with Gasteiger partial charge in [-0.25, -0.2) is 4.39 Å². The average molecular weight is 180 g/mol. The van der Waals surface area contributed by atoms with Crippen LogP contribution in [-0.2, 0) is 0 Å². The van der Waals surface area contributed by atoms with Crippen LogP contribution in [0, 0.1) is 18.7 Å². The van der Waals surface area contributed by atoms with Crippen molar-refractivity contribution in [1.82, 2.24) is 0 Å². The van der Waals surface area contributed by atoms with Crippen molar-refractivity contribution in [1.29, 1.82) is 0 Å². The monoisotopic (exact) mass is 180 g/mol. The zero-order valence-corrected chi connectivity index (χ0v) is 8.10. The Balaban J connectivity index is 3.15. The third-order valence-corrected chi connectivity index (χ3v) is 2.06. The van der Waals surface area contributed by atoms with Gasteiger partial charge in [0.2, 0.25) is 0 Å². The molecule has 1 aromatic carbocycles. The van der Waals surface area contributed by atoms with Crippen LogP contribution in [0.4, 0.5) is 4.39 Å². The molecule has 0 saturated carbocycles. The van der Waals surface area contributed by atoms with E-state index in [0.29, 0.717) is 11.1 Å². The molecule has 0 spiro atoms. The van der Waals surface area contributed by atoms with Gasteiger partial charge in [-0.2, -0.15) is 0 Å². The van der Waals surface area contributed by atoms with E-state index in [1.54, 1.807) is 19.1 Å². The van der Waals surface area contributed by atoms with Crippen molar-refractivity contribution in [2.45, 2.75) is 20.8 Å². The lowest BCUT2D eigenvalue weighted by molar-refractivity contribution is 0.0938. The van der Waals surface area contributed by atoms with E-state index < -0.39 is 0 Å². The number of halogens is 1. The molecule has 0 saturated heterocycles. The molecule has 0 radical (unpaired) electrons. The van der Waals surface area contributed by atoms with E-state index >= 15 is 0 Å². The number of Topliss-reactive ketones (excluding diaryl/α,β-unsaturated/α-hetero) is 1. The maximum atomic E-state index is 13.1. The second kappa shape index (κ2) is 3.69. The predicted molar refractivity (Wildman–Crippen MR) is 50.3 cm³/mol. The fourth-order valence-electron chi connectivity index (χ4n) is 1.19. The van der Waals surface area contributed by atoms with Crippen LogP contribution in [0.3, 0.4) is 0 Å². The molecule has 0 aliphatic carbocycles. The number of carbonyl (C=O) groups is 1. The van der Waals surface area contributed by atoms with Crippen molar-refractivity contribution in [2.75, 3.05) is 0 Å². The second-order valence-corrected chi connectivity index (χ2v) is 3.43. The number of ketones is 1. The van der Waals surface area contributed by atoms with Crippen LogP contribution in [0.15, 0.2) is 18.2 Å². The maximum absolute atomic E-state index is 13.1. The highest BCUT2D eigenvalue weighted by Crippen LogP contribution is 2.15. The molecule has 70 valence electrons. The summed E-state index contributed by atoms with van der Waals surface area (Å²) in [5.74, 6) is -0.399. The molecular formula is C11H13FO. The van der Waals surface area contributed by atoms with Gasteiger partial charge in [0, 0.05) is 11.5 Å². The Morgan fingerprint density at radius 2 is 2.00 bits per heavy atom. The van der Waals surface area contributed by atoms with Crippen molar-refractivity contribution in [3.05, 3.63) is 35.1 Å². The summed E-state index contributed by atoms with van der Waals surface area (Å²) >= 11 is 0. The second-order valence-electron chi connectivity index (χ2n) is 3.43. The largest absolute Gasteiger partial charge is 0.294 e. The number of carbonyl (C=O) groups excluding carboxylic acids is 1. The highest BCUT2D eigenvalue weighted by atomic mass is 19.1. The number of benzene rings is 1. The smallest absolute Gasteiger partial charge is 0.165 e. The molecule has 13 heavy (non-hydrogen) atoms. The Kier molecular flexibility index (Phi) is 2.81. The Morgan fingerprint density at radius 3 is 2.54 bits per heavy atom. The van der Waals surface area contributed by atoms with E-state index in [9.17, 15) is 9.18 Å². The van der Waals surface area contributed by atoms with E-state index in [1.165, 1.54) is 6.07 Å². The molecule has 0 N–H and O–H groups in total. The van der Waals surface area contributed by atoms with Gasteiger partial charge >= 0.3 is 0 Å². The molecule has 2 heteroatoms. The molecular weight excluding hydrogens is 167 g/mol. The van der Waals surface area contributed by atoms with Crippen LogP contribution >= 0.6 is 0 Å². The topological polar surface area (TPSA) is 17.1 Å². The lowest BCUT2D eigenvalue weighted by Gasteiger charge is -2.07. The first-order valence-electron chi connectivity index (χ1n) is 4.33. The van der Waals surface area contributed by atoms with Gasteiger partial charge in [0.05, 0.1) is 0 Å². The highest BCUT2D eigenvalue weighted by Gasteiger charge is 2.14. The minimum atomic E-state index is -0.313. The summed E-state index contributed by atoms with van der Waals surface area (Å²) in [6.07, 6.45) is 0. The van der Waals surface area contributed by atoms with E-state index in [-0.39, 0.29) is 17.5 Å². The summed E-state index contributed by atoms with van der Waals surface area (Å²) in [7, 11) is 0. The molecule has 0 bridgehead atoms. The van der Waals surface area contributed by atoms with Crippen LogP contribution in [0.2, 0.25) is 0 Å². The summed E-state index contributed by atoms with van der Waals surface area (Å²) in [6, 6.07) is 4.60. The Bertz CT molecular complexity index is 329. The summed E-state index contributed by atoms with van der Waals surface area (Å²) in [5, 5.41) is 0. The normalized spacial score (nSPS) is 10.5. The van der Waals surface area contributed by atoms with E-state index in [1.807, 2.05) is 13.8 Å². The summed E-state index contributed by atoms with van der Waals surface area (Å²) in [5.41, 5.74) is 0.941. The van der Waals surface area contributed by atoms with Gasteiger partial charge in [0.15, 0.2) is 5.78 Å². The third kappa shape index (κ3) is 1.94. The Hall–Kier alpha value is -1.18. The fraction of sp³-hybridized carbons (Fsp3) is 0.364. The van der Waals surface area contributed by atoms with Gasteiger partial charge in [0.1, 0.15) is 5.82 Å². The molecule has 0 aromatic heterocycles. The quantitative estimate of drug-likeness (QED) is 0.639. The van der Waals surface area contributed by atoms with Gasteiger partial charge in [-0.3, -0.25) is 4.79 Å². The van der Waals surface area contributed by atoms with Crippen LogP contribution in [-0.4, -0.2) is 5.78 Å². The number of hydrogen-bond donors (Lipinski definition) is 0. The molecule has 0 atom stereocenters. The van der Waals surface area contributed by atoms with Gasteiger partial charge in [-0.15, -0.1) is 0 Å². The first-order chi connectivity index (χ1) is 6.04. The summed E-state index contributed by atoms with van der Waals surface area (Å²) < 4.78 is 13.1. The average Bonchev–Trinajstić information content (AvgIpc) is 2.08. The SMILES string of the molecule is Cc1c(F)cccc1C(=O)C(C)C. The summed E-state index contributed by atoms with van der Waals surface area (Å²) in [4.78, 5) is 11.6. The Morgan fingerprint density at radius 1 is 1.38 bits per heavy atom. The molecule has 0 fully saturated rings. The predicted octanol–water partition coefficient (Wildman–Crippen LogP) is 2.97. The minimum absolute atomic E-state index is 0.00278. The van der Waals surface area contributed by atoms with Crippen LogP contribution in [0.25, 0.3) is 0 Å². The van der Waals surface area contributed by atoms with Crippen molar-refractivity contribution in [2.24, 2.45) is 5.92 Å². The lowest BCUT2D eigenvalue weighted by atomic mass is 9.97. The third-order valence-electron chi connectivity index (χ3n) is 2.06. The van der Waals surface area contributed by atoms with E-state index in [0.717, 1.165) is 0 Å². The van der Waals surface area contributed by atoms with Gasteiger partial charge in [0.25, 0.3) is 0 Å². The van der Waals surface area contributed by atoms with Crippen LogP contribution < -0.4 is 0 Å². The fourth-order valence-corrected chi connectivity index (χ4v) is 1.19. The van der Waals surface area contributed by atoms with Crippen molar-refractivity contribution in [3.8, 4) is 0 Å². The van der Waals surface area contributed by atoms with Crippen molar-refractivity contribution in [3.63, 3.8) is 0 Å². The summed E-state index contributed by atoms with van der Waals surface area (Å²) in [6.45, 7) is 5.25. The van der Waals surface area contributed by atoms with Crippen LogP contribution in [0.1, 0.15) is 29.8 Å². The minimum Gasteiger partial charge on any atom is -0.294 e. The lowest BCUT2D eigenvalue weighted by Crippen LogP contribution is -2.09. The first-order valence-corrected chi connectivity index (χ1v) is 4.33. The molecule has 0 amide bonds. The van der Waals surface area contributed by atoms with Gasteiger partial charge < -0.3 is 0 Å². The zero-order chi connectivity index (χ0) is 10.0. The van der Waals surface area contributed by atoms with Crippen molar-refractivity contribution < 1.29 is 9.18 Å². The van der Waals surface area contributed by atoms with Gasteiger partial charge in [-0.05, 0) is 18.6 Å². The Labute approximate surface area is 77.6 Å². The zero-order valence-electron chi connectivity index (χ0n) is 8.10. The van der Waals surface area contributed by atoms with Gasteiger partial charge in [-0.1, -0.05) is 26.0 Å².